The van der Waals surface area contributed by atoms with Gasteiger partial charge in [0.25, 0.3) is 0 Å². The van der Waals surface area contributed by atoms with E-state index in [-0.39, 0.29) is 11.7 Å². The monoisotopic (exact) mass is 213 g/mol. The summed E-state index contributed by atoms with van der Waals surface area (Å²) in [5, 5.41) is 0. The van der Waals surface area contributed by atoms with E-state index in [0.717, 1.165) is 18.4 Å². The summed E-state index contributed by atoms with van der Waals surface area (Å²) >= 11 is 0. The van der Waals surface area contributed by atoms with Gasteiger partial charge in [-0.1, -0.05) is 25.2 Å². The largest absolute Gasteiger partial charge is 0.285 e. The predicted molar refractivity (Wildman–Crippen MR) is 62.7 cm³/mol. The molecule has 1 aliphatic rings. The Morgan fingerprint density at radius 1 is 1.31 bits per heavy atom. The summed E-state index contributed by atoms with van der Waals surface area (Å²) in [6.45, 7) is 0. The van der Waals surface area contributed by atoms with Gasteiger partial charge in [0.05, 0.1) is 0 Å². The third kappa shape index (κ3) is 2.93. The summed E-state index contributed by atoms with van der Waals surface area (Å²) in [5.74, 6) is 5.90. The van der Waals surface area contributed by atoms with Crippen LogP contribution < -0.4 is 0 Å². The van der Waals surface area contributed by atoms with Crippen LogP contribution in [0.4, 0.5) is 0 Å². The molecule has 0 unspecified atom stereocenters. The standard InChI is InChI=1S/C14H15NO/c16-14(13-6-2-1-3-7-13)9-8-12-5-4-10-15-11-12/h4-5,10-11,13H,1-3,6-7H2. The van der Waals surface area contributed by atoms with Gasteiger partial charge in [-0.25, -0.2) is 0 Å². The molecular weight excluding hydrogens is 198 g/mol. The highest BCUT2D eigenvalue weighted by Gasteiger charge is 2.19. The van der Waals surface area contributed by atoms with Gasteiger partial charge in [0.15, 0.2) is 0 Å². The van der Waals surface area contributed by atoms with Gasteiger partial charge in [0.1, 0.15) is 0 Å². The van der Waals surface area contributed by atoms with E-state index in [1.807, 2.05) is 12.1 Å². The fourth-order valence-corrected chi connectivity index (χ4v) is 2.04. The van der Waals surface area contributed by atoms with Crippen LogP contribution in [-0.2, 0) is 4.79 Å². The van der Waals surface area contributed by atoms with E-state index in [2.05, 4.69) is 16.8 Å². The fourth-order valence-electron chi connectivity index (χ4n) is 2.04. The molecule has 0 amide bonds. The van der Waals surface area contributed by atoms with Crippen molar-refractivity contribution in [1.82, 2.24) is 4.98 Å². The number of aromatic nitrogens is 1. The normalized spacial score (nSPS) is 16.2. The van der Waals surface area contributed by atoms with Gasteiger partial charge in [0, 0.05) is 23.9 Å². The fraction of sp³-hybridized carbons (Fsp3) is 0.429. The molecule has 82 valence electrons. The zero-order chi connectivity index (χ0) is 11.2. The topological polar surface area (TPSA) is 30.0 Å². The number of rotatable bonds is 1. The van der Waals surface area contributed by atoms with Gasteiger partial charge in [-0.3, -0.25) is 9.78 Å². The molecule has 1 aliphatic carbocycles. The van der Waals surface area contributed by atoms with E-state index in [0.29, 0.717) is 0 Å². The first kappa shape index (κ1) is 10.9. The molecule has 1 aromatic heterocycles. The van der Waals surface area contributed by atoms with Crippen LogP contribution in [0.2, 0.25) is 0 Å². The van der Waals surface area contributed by atoms with Crippen molar-refractivity contribution in [3.63, 3.8) is 0 Å². The van der Waals surface area contributed by atoms with Crippen LogP contribution in [0.25, 0.3) is 0 Å². The molecule has 0 N–H and O–H groups in total. The molecule has 2 heteroatoms. The molecule has 0 aromatic carbocycles. The summed E-state index contributed by atoms with van der Waals surface area (Å²) < 4.78 is 0. The van der Waals surface area contributed by atoms with Crippen molar-refractivity contribution in [2.24, 2.45) is 5.92 Å². The van der Waals surface area contributed by atoms with E-state index in [4.69, 9.17) is 0 Å². The number of pyridine rings is 1. The van der Waals surface area contributed by atoms with Crippen molar-refractivity contribution in [3.8, 4) is 11.8 Å². The maximum atomic E-state index is 11.8. The molecule has 2 rings (SSSR count). The molecule has 2 nitrogen and oxygen atoms in total. The smallest absolute Gasteiger partial charge is 0.208 e. The number of carbonyl (C=O) groups is 1. The summed E-state index contributed by atoms with van der Waals surface area (Å²) in [6, 6.07) is 3.70. The molecule has 0 spiro atoms. The first-order valence-corrected chi connectivity index (χ1v) is 5.82. The lowest BCUT2D eigenvalue weighted by Crippen LogP contribution is -2.15. The SMILES string of the molecule is O=C(C#Cc1cccnc1)C1CCCCC1. The minimum Gasteiger partial charge on any atom is -0.285 e. The average molecular weight is 213 g/mol. The van der Waals surface area contributed by atoms with Gasteiger partial charge in [0.2, 0.25) is 5.78 Å². The third-order valence-corrected chi connectivity index (χ3v) is 2.97. The summed E-state index contributed by atoms with van der Waals surface area (Å²) in [6.07, 6.45) is 9.02. The van der Waals surface area contributed by atoms with Crippen LogP contribution in [0.1, 0.15) is 37.7 Å². The minimum atomic E-state index is 0.101. The van der Waals surface area contributed by atoms with E-state index in [1.54, 1.807) is 12.4 Å². The van der Waals surface area contributed by atoms with Crippen LogP contribution in [-0.4, -0.2) is 10.8 Å². The van der Waals surface area contributed by atoms with Crippen molar-refractivity contribution in [3.05, 3.63) is 30.1 Å². The number of ketones is 1. The maximum Gasteiger partial charge on any atom is 0.208 e. The molecule has 1 aromatic rings. The zero-order valence-corrected chi connectivity index (χ0v) is 9.28. The summed E-state index contributed by atoms with van der Waals surface area (Å²) in [7, 11) is 0. The molecular formula is C14H15NO. The number of carbonyl (C=O) groups excluding carboxylic acids is 1. The highest BCUT2D eigenvalue weighted by molar-refractivity contribution is 5.97. The molecule has 0 aliphatic heterocycles. The third-order valence-electron chi connectivity index (χ3n) is 2.97. The Labute approximate surface area is 96.1 Å². The summed E-state index contributed by atoms with van der Waals surface area (Å²) in [5.41, 5.74) is 0.812. The Bertz CT molecular complexity index is 407. The zero-order valence-electron chi connectivity index (χ0n) is 9.28. The van der Waals surface area contributed by atoms with E-state index < -0.39 is 0 Å². The van der Waals surface area contributed by atoms with Crippen LogP contribution >= 0.6 is 0 Å². The quantitative estimate of drug-likeness (QED) is 0.671. The maximum absolute atomic E-state index is 11.8. The highest BCUT2D eigenvalue weighted by Crippen LogP contribution is 2.23. The predicted octanol–water partition coefficient (Wildman–Crippen LogP) is 2.58. The second-order valence-corrected chi connectivity index (χ2v) is 4.19. The van der Waals surface area contributed by atoms with Crippen molar-refractivity contribution >= 4 is 5.78 Å². The first-order chi connectivity index (χ1) is 7.86. The highest BCUT2D eigenvalue weighted by atomic mass is 16.1. The average Bonchev–Trinajstić information content (AvgIpc) is 2.38. The molecule has 1 fully saturated rings. The molecule has 1 saturated carbocycles. The lowest BCUT2D eigenvalue weighted by molar-refractivity contribution is -0.118. The second-order valence-electron chi connectivity index (χ2n) is 4.19. The Kier molecular flexibility index (Phi) is 3.71. The van der Waals surface area contributed by atoms with Gasteiger partial charge in [-0.05, 0) is 30.9 Å². The van der Waals surface area contributed by atoms with E-state index in [1.165, 1.54) is 19.3 Å². The van der Waals surface area contributed by atoms with Crippen LogP contribution in [0.15, 0.2) is 24.5 Å². The molecule has 0 radical (unpaired) electrons. The Balaban J connectivity index is 1.99. The first-order valence-electron chi connectivity index (χ1n) is 5.82. The van der Waals surface area contributed by atoms with Crippen molar-refractivity contribution in [2.75, 3.05) is 0 Å². The number of nitrogens with zero attached hydrogens (tertiary/aromatic N) is 1. The van der Waals surface area contributed by atoms with Crippen LogP contribution in [0.3, 0.4) is 0 Å². The number of hydrogen-bond acceptors (Lipinski definition) is 2. The molecule has 1 heterocycles. The molecule has 0 bridgehead atoms. The Morgan fingerprint density at radius 3 is 2.81 bits per heavy atom. The molecule has 0 atom stereocenters. The van der Waals surface area contributed by atoms with Gasteiger partial charge in [-0.2, -0.15) is 0 Å². The molecule has 16 heavy (non-hydrogen) atoms. The van der Waals surface area contributed by atoms with Crippen molar-refractivity contribution in [1.29, 1.82) is 0 Å². The number of Topliss-reactive ketones (excluding diaryl/α,β-unsaturated/α-hetero) is 1. The number of hydrogen-bond donors (Lipinski definition) is 0. The van der Waals surface area contributed by atoms with Gasteiger partial charge >= 0.3 is 0 Å². The minimum absolute atomic E-state index is 0.101. The van der Waals surface area contributed by atoms with Crippen LogP contribution in [0.5, 0.6) is 0 Å². The lowest BCUT2D eigenvalue weighted by Gasteiger charge is -2.17. The van der Waals surface area contributed by atoms with Gasteiger partial charge in [-0.15, -0.1) is 0 Å². The van der Waals surface area contributed by atoms with Gasteiger partial charge < -0.3 is 0 Å². The van der Waals surface area contributed by atoms with E-state index >= 15 is 0 Å². The Hall–Kier alpha value is -1.62. The van der Waals surface area contributed by atoms with Crippen LogP contribution in [0, 0.1) is 17.8 Å². The summed E-state index contributed by atoms with van der Waals surface area (Å²) in [4.78, 5) is 15.7. The Morgan fingerprint density at radius 2 is 2.12 bits per heavy atom. The van der Waals surface area contributed by atoms with E-state index in [9.17, 15) is 4.79 Å². The van der Waals surface area contributed by atoms with Crippen molar-refractivity contribution in [2.45, 2.75) is 32.1 Å². The lowest BCUT2D eigenvalue weighted by atomic mass is 9.86. The second kappa shape index (κ2) is 5.46. The van der Waals surface area contributed by atoms with Crippen molar-refractivity contribution < 1.29 is 4.79 Å². The molecule has 0 saturated heterocycles.